The maximum absolute atomic E-state index is 13.4. The lowest BCUT2D eigenvalue weighted by molar-refractivity contribution is 0.302. The summed E-state index contributed by atoms with van der Waals surface area (Å²) in [6.45, 7) is 3.41. The maximum Gasteiger partial charge on any atom is 0.185 e. The Morgan fingerprint density at radius 2 is 2.15 bits per heavy atom. The van der Waals surface area contributed by atoms with Crippen LogP contribution in [-0.4, -0.2) is 34.9 Å². The lowest BCUT2D eigenvalue weighted by Gasteiger charge is -2.19. The van der Waals surface area contributed by atoms with Crippen molar-refractivity contribution in [1.82, 2.24) is 4.98 Å². The second-order valence-electron chi connectivity index (χ2n) is 4.36. The molecule has 0 bridgehead atoms. The molecule has 0 spiro atoms. The average Bonchev–Trinajstić information content (AvgIpc) is 2.91. The highest BCUT2D eigenvalue weighted by Crippen LogP contribution is 2.34. The second kappa shape index (κ2) is 6.67. The molecule has 0 radical (unpaired) electrons. The van der Waals surface area contributed by atoms with Crippen molar-refractivity contribution in [2.75, 3.05) is 24.6 Å². The van der Waals surface area contributed by atoms with E-state index in [0.29, 0.717) is 17.8 Å². The molecular formula is C14H17FN2O2S. The molecule has 1 aromatic carbocycles. The van der Waals surface area contributed by atoms with Crippen molar-refractivity contribution >= 4 is 16.5 Å². The van der Waals surface area contributed by atoms with Gasteiger partial charge >= 0.3 is 0 Å². The summed E-state index contributed by atoms with van der Waals surface area (Å²) in [5.74, 6) is -1.04. The molecule has 4 nitrogen and oxygen atoms in total. The number of phenolic OH excluding ortho intramolecular Hbond substituents is 1. The minimum Gasteiger partial charge on any atom is -0.504 e. The summed E-state index contributed by atoms with van der Waals surface area (Å²) >= 11 is 1.42. The van der Waals surface area contributed by atoms with Gasteiger partial charge in [0.15, 0.2) is 16.7 Å². The molecule has 0 saturated carbocycles. The van der Waals surface area contributed by atoms with Crippen LogP contribution in [0, 0.1) is 5.82 Å². The number of phenols is 1. The fourth-order valence-electron chi connectivity index (χ4n) is 1.95. The van der Waals surface area contributed by atoms with Gasteiger partial charge in [0.1, 0.15) is 0 Å². The molecule has 0 saturated heterocycles. The van der Waals surface area contributed by atoms with Gasteiger partial charge in [0, 0.05) is 24.0 Å². The van der Waals surface area contributed by atoms with E-state index in [4.69, 9.17) is 5.11 Å². The number of hydrogen-bond acceptors (Lipinski definition) is 5. The summed E-state index contributed by atoms with van der Waals surface area (Å²) in [5, 5.41) is 21.4. The van der Waals surface area contributed by atoms with Gasteiger partial charge in [-0.3, -0.25) is 0 Å². The molecule has 0 unspecified atom stereocenters. The molecule has 0 atom stereocenters. The van der Waals surface area contributed by atoms with Crippen LogP contribution in [0.4, 0.5) is 9.52 Å². The summed E-state index contributed by atoms with van der Waals surface area (Å²) in [6, 6.07) is 4.38. The van der Waals surface area contributed by atoms with E-state index < -0.39 is 5.82 Å². The molecular weight excluding hydrogens is 279 g/mol. The first kappa shape index (κ1) is 14.7. The third-order valence-corrected chi connectivity index (χ3v) is 3.79. The number of thiazole rings is 1. The van der Waals surface area contributed by atoms with E-state index in [9.17, 15) is 9.50 Å². The van der Waals surface area contributed by atoms with Crippen molar-refractivity contribution in [2.45, 2.75) is 13.3 Å². The van der Waals surface area contributed by atoms with E-state index in [1.165, 1.54) is 17.4 Å². The topological polar surface area (TPSA) is 56.6 Å². The minimum atomic E-state index is -0.655. The summed E-state index contributed by atoms with van der Waals surface area (Å²) in [5.41, 5.74) is 0.925. The molecule has 0 aliphatic heterocycles. The van der Waals surface area contributed by atoms with Crippen LogP contribution in [0.1, 0.15) is 13.3 Å². The van der Waals surface area contributed by atoms with Gasteiger partial charge < -0.3 is 15.1 Å². The highest BCUT2D eigenvalue weighted by molar-refractivity contribution is 7.14. The summed E-state index contributed by atoms with van der Waals surface area (Å²) in [7, 11) is 0. The number of hydrogen-bond donors (Lipinski definition) is 2. The van der Waals surface area contributed by atoms with Crippen LogP contribution in [-0.2, 0) is 0 Å². The van der Waals surface area contributed by atoms with E-state index >= 15 is 0 Å². The standard InChI is InChI=1S/C14H17FN2O2S/c1-2-6-17(7-8-18)14-16-12(9-20-14)10-4-3-5-11(15)13(10)19/h3-5,9,18-19H,2,6-8H2,1H3. The predicted molar refractivity (Wildman–Crippen MR) is 78.8 cm³/mol. The number of para-hydroxylation sites is 1. The monoisotopic (exact) mass is 296 g/mol. The Labute approximate surface area is 121 Å². The maximum atomic E-state index is 13.4. The summed E-state index contributed by atoms with van der Waals surface area (Å²) < 4.78 is 13.4. The molecule has 2 aromatic rings. The Morgan fingerprint density at radius 1 is 1.35 bits per heavy atom. The van der Waals surface area contributed by atoms with Crippen molar-refractivity contribution < 1.29 is 14.6 Å². The van der Waals surface area contributed by atoms with Crippen LogP contribution < -0.4 is 4.90 Å². The van der Waals surface area contributed by atoms with Gasteiger partial charge in [0.25, 0.3) is 0 Å². The minimum absolute atomic E-state index is 0.0557. The largest absolute Gasteiger partial charge is 0.504 e. The predicted octanol–water partition coefficient (Wildman–Crippen LogP) is 2.86. The van der Waals surface area contributed by atoms with E-state index in [1.807, 2.05) is 4.90 Å². The van der Waals surface area contributed by atoms with E-state index in [1.54, 1.807) is 17.5 Å². The highest BCUT2D eigenvalue weighted by Gasteiger charge is 2.14. The number of aliphatic hydroxyl groups excluding tert-OH is 1. The Kier molecular flexibility index (Phi) is 4.92. The number of aliphatic hydroxyl groups is 1. The highest BCUT2D eigenvalue weighted by atomic mass is 32.1. The summed E-state index contributed by atoms with van der Waals surface area (Å²) in [4.78, 5) is 6.40. The first-order chi connectivity index (χ1) is 9.67. The van der Waals surface area contributed by atoms with Crippen LogP contribution >= 0.6 is 11.3 Å². The Bertz CT molecular complexity index is 568. The second-order valence-corrected chi connectivity index (χ2v) is 5.20. The van der Waals surface area contributed by atoms with Crippen molar-refractivity contribution in [2.24, 2.45) is 0 Å². The molecule has 20 heavy (non-hydrogen) atoms. The first-order valence-corrected chi connectivity index (χ1v) is 7.34. The van der Waals surface area contributed by atoms with Gasteiger partial charge in [0.05, 0.1) is 12.3 Å². The van der Waals surface area contributed by atoms with Gasteiger partial charge in [-0.1, -0.05) is 13.0 Å². The lowest BCUT2D eigenvalue weighted by atomic mass is 10.1. The van der Waals surface area contributed by atoms with Gasteiger partial charge in [0.2, 0.25) is 0 Å². The smallest absolute Gasteiger partial charge is 0.185 e. The van der Waals surface area contributed by atoms with Crippen LogP contribution in [0.15, 0.2) is 23.6 Å². The molecule has 6 heteroatoms. The quantitative estimate of drug-likeness (QED) is 0.860. The fourth-order valence-corrected chi connectivity index (χ4v) is 2.83. The zero-order valence-electron chi connectivity index (χ0n) is 11.2. The fraction of sp³-hybridized carbons (Fsp3) is 0.357. The number of rotatable bonds is 6. The molecule has 1 aromatic heterocycles. The van der Waals surface area contributed by atoms with E-state index in [2.05, 4.69) is 11.9 Å². The van der Waals surface area contributed by atoms with Gasteiger partial charge in [-0.2, -0.15) is 0 Å². The molecule has 2 N–H and O–H groups in total. The van der Waals surface area contributed by atoms with Gasteiger partial charge in [-0.25, -0.2) is 9.37 Å². The van der Waals surface area contributed by atoms with Crippen molar-refractivity contribution in [3.05, 3.63) is 29.4 Å². The van der Waals surface area contributed by atoms with Gasteiger partial charge in [-0.05, 0) is 18.6 Å². The molecule has 0 aliphatic rings. The molecule has 2 rings (SSSR count). The number of aromatic nitrogens is 1. The Hall–Kier alpha value is -1.66. The van der Waals surface area contributed by atoms with Gasteiger partial charge in [-0.15, -0.1) is 11.3 Å². The third kappa shape index (κ3) is 3.08. The molecule has 1 heterocycles. The van der Waals surface area contributed by atoms with Crippen molar-refractivity contribution in [3.8, 4) is 17.0 Å². The SMILES string of the molecule is CCCN(CCO)c1nc(-c2cccc(F)c2O)cs1. The molecule has 108 valence electrons. The lowest BCUT2D eigenvalue weighted by Crippen LogP contribution is -2.27. The van der Waals surface area contributed by atoms with Crippen LogP contribution in [0.2, 0.25) is 0 Å². The number of benzene rings is 1. The van der Waals surface area contributed by atoms with Crippen molar-refractivity contribution in [3.63, 3.8) is 0 Å². The average molecular weight is 296 g/mol. The number of nitrogens with zero attached hydrogens (tertiary/aromatic N) is 2. The zero-order chi connectivity index (χ0) is 14.5. The van der Waals surface area contributed by atoms with E-state index in [0.717, 1.165) is 18.1 Å². The third-order valence-electron chi connectivity index (χ3n) is 2.89. The van der Waals surface area contributed by atoms with Crippen molar-refractivity contribution in [1.29, 1.82) is 0 Å². The molecule has 0 aliphatic carbocycles. The van der Waals surface area contributed by atoms with E-state index in [-0.39, 0.29) is 12.4 Å². The van der Waals surface area contributed by atoms with Crippen LogP contribution in [0.25, 0.3) is 11.3 Å². The Balaban J connectivity index is 2.30. The van der Waals surface area contributed by atoms with Crippen LogP contribution in [0.5, 0.6) is 5.75 Å². The molecule has 0 fully saturated rings. The molecule has 0 amide bonds. The first-order valence-electron chi connectivity index (χ1n) is 6.46. The number of aromatic hydroxyl groups is 1. The normalized spacial score (nSPS) is 10.8. The van der Waals surface area contributed by atoms with Crippen LogP contribution in [0.3, 0.4) is 0 Å². The summed E-state index contributed by atoms with van der Waals surface area (Å²) in [6.07, 6.45) is 0.945. The number of halogens is 1. The Morgan fingerprint density at radius 3 is 2.85 bits per heavy atom. The number of anilines is 1. The zero-order valence-corrected chi connectivity index (χ0v) is 12.0.